The SMILES string of the molecule is CC(C(=O)N1C[C@@H](N)[C@H](c2ccccc2)C1)N1CCOCC1. The standard InChI is InChI=1S/C17H25N3O2/c1-13(19-7-9-22-10-8-19)17(21)20-11-15(16(18)12-20)14-5-3-2-4-6-14/h2-6,13,15-16H,7-12,18H2,1H3/t13?,15-,16+/m0/s1. The van der Waals surface area contributed by atoms with Gasteiger partial charge in [-0.25, -0.2) is 0 Å². The molecule has 0 aromatic heterocycles. The Bertz CT molecular complexity index is 502. The van der Waals surface area contributed by atoms with Gasteiger partial charge in [-0.1, -0.05) is 30.3 Å². The molecule has 3 rings (SSSR count). The Morgan fingerprint density at radius 2 is 1.91 bits per heavy atom. The molecule has 2 N–H and O–H groups in total. The Balaban J connectivity index is 1.64. The molecule has 3 atom stereocenters. The van der Waals surface area contributed by atoms with Gasteiger partial charge in [0.05, 0.1) is 19.3 Å². The summed E-state index contributed by atoms with van der Waals surface area (Å²) in [6.45, 7) is 6.44. The lowest BCUT2D eigenvalue weighted by Gasteiger charge is -2.33. The third-order valence-corrected chi connectivity index (χ3v) is 4.86. The zero-order valence-electron chi connectivity index (χ0n) is 13.1. The summed E-state index contributed by atoms with van der Waals surface area (Å²) in [6, 6.07) is 10.2. The second-order valence-corrected chi connectivity index (χ2v) is 6.25. The van der Waals surface area contributed by atoms with E-state index < -0.39 is 0 Å². The van der Waals surface area contributed by atoms with Crippen molar-refractivity contribution in [3.8, 4) is 0 Å². The highest BCUT2D eigenvalue weighted by Gasteiger charge is 2.36. The van der Waals surface area contributed by atoms with Gasteiger partial charge in [0.2, 0.25) is 5.91 Å². The van der Waals surface area contributed by atoms with E-state index in [1.807, 2.05) is 30.0 Å². The van der Waals surface area contributed by atoms with Crippen LogP contribution in [-0.2, 0) is 9.53 Å². The first-order chi connectivity index (χ1) is 10.7. The van der Waals surface area contributed by atoms with E-state index in [1.165, 1.54) is 5.56 Å². The molecule has 0 radical (unpaired) electrons. The summed E-state index contributed by atoms with van der Waals surface area (Å²) in [7, 11) is 0. The second-order valence-electron chi connectivity index (χ2n) is 6.25. The maximum atomic E-state index is 12.8. The van der Waals surface area contributed by atoms with E-state index in [-0.39, 0.29) is 23.9 Å². The number of carbonyl (C=O) groups excluding carboxylic acids is 1. The maximum absolute atomic E-state index is 12.8. The number of nitrogens with zero attached hydrogens (tertiary/aromatic N) is 2. The number of hydrogen-bond donors (Lipinski definition) is 1. The van der Waals surface area contributed by atoms with Crippen molar-refractivity contribution in [1.29, 1.82) is 0 Å². The topological polar surface area (TPSA) is 58.8 Å². The molecule has 0 aliphatic carbocycles. The number of nitrogens with two attached hydrogens (primary N) is 1. The van der Waals surface area contributed by atoms with Crippen molar-refractivity contribution < 1.29 is 9.53 Å². The molecule has 2 fully saturated rings. The molecule has 0 saturated carbocycles. The molecule has 5 heteroatoms. The Morgan fingerprint density at radius 3 is 2.59 bits per heavy atom. The summed E-state index contributed by atoms with van der Waals surface area (Å²) in [5, 5.41) is 0. The van der Waals surface area contributed by atoms with Crippen molar-refractivity contribution in [1.82, 2.24) is 9.80 Å². The van der Waals surface area contributed by atoms with Crippen molar-refractivity contribution in [3.63, 3.8) is 0 Å². The normalized spacial score (nSPS) is 27.8. The monoisotopic (exact) mass is 303 g/mol. The number of hydrogen-bond acceptors (Lipinski definition) is 4. The molecule has 2 heterocycles. The first-order valence-electron chi connectivity index (χ1n) is 8.08. The first kappa shape index (κ1) is 15.5. The Labute approximate surface area is 132 Å². The minimum absolute atomic E-state index is 0.0169. The smallest absolute Gasteiger partial charge is 0.239 e. The van der Waals surface area contributed by atoms with Gasteiger partial charge in [0, 0.05) is 38.1 Å². The van der Waals surface area contributed by atoms with E-state index in [9.17, 15) is 4.79 Å². The van der Waals surface area contributed by atoms with Crippen LogP contribution in [0.4, 0.5) is 0 Å². The van der Waals surface area contributed by atoms with Crippen LogP contribution in [0, 0.1) is 0 Å². The first-order valence-corrected chi connectivity index (χ1v) is 8.08. The van der Waals surface area contributed by atoms with Crippen LogP contribution >= 0.6 is 0 Å². The van der Waals surface area contributed by atoms with E-state index in [2.05, 4.69) is 17.0 Å². The van der Waals surface area contributed by atoms with Crippen LogP contribution < -0.4 is 5.73 Å². The summed E-state index contributed by atoms with van der Waals surface area (Å²) >= 11 is 0. The summed E-state index contributed by atoms with van der Waals surface area (Å²) in [5.74, 6) is 0.429. The van der Waals surface area contributed by atoms with Gasteiger partial charge in [-0.05, 0) is 12.5 Å². The van der Waals surface area contributed by atoms with Gasteiger partial charge in [0.15, 0.2) is 0 Å². The predicted octanol–water partition coefficient (Wildman–Crippen LogP) is 0.660. The van der Waals surface area contributed by atoms with Crippen LogP contribution in [0.1, 0.15) is 18.4 Å². The molecule has 0 spiro atoms. The molecule has 2 aliphatic heterocycles. The van der Waals surface area contributed by atoms with Crippen LogP contribution in [0.25, 0.3) is 0 Å². The molecule has 2 aliphatic rings. The number of amides is 1. The Hall–Kier alpha value is -1.43. The average molecular weight is 303 g/mol. The van der Waals surface area contributed by atoms with Gasteiger partial charge in [-0.2, -0.15) is 0 Å². The Morgan fingerprint density at radius 1 is 1.23 bits per heavy atom. The molecule has 1 unspecified atom stereocenters. The fraction of sp³-hybridized carbons (Fsp3) is 0.588. The summed E-state index contributed by atoms with van der Waals surface area (Å²) in [5.41, 5.74) is 7.52. The highest BCUT2D eigenvalue weighted by atomic mass is 16.5. The molecular weight excluding hydrogens is 278 g/mol. The van der Waals surface area contributed by atoms with Gasteiger partial charge < -0.3 is 15.4 Å². The maximum Gasteiger partial charge on any atom is 0.239 e. The van der Waals surface area contributed by atoms with Gasteiger partial charge in [-0.3, -0.25) is 9.69 Å². The van der Waals surface area contributed by atoms with Crippen LogP contribution in [0.2, 0.25) is 0 Å². The lowest BCUT2D eigenvalue weighted by molar-refractivity contribution is -0.137. The van der Waals surface area contributed by atoms with Crippen molar-refractivity contribution >= 4 is 5.91 Å². The lowest BCUT2D eigenvalue weighted by atomic mass is 9.95. The van der Waals surface area contributed by atoms with Gasteiger partial charge in [0.25, 0.3) is 0 Å². The van der Waals surface area contributed by atoms with Crippen LogP contribution in [0.15, 0.2) is 30.3 Å². The fourth-order valence-electron chi connectivity index (χ4n) is 3.45. The van der Waals surface area contributed by atoms with Crippen molar-refractivity contribution in [2.45, 2.75) is 24.9 Å². The Kier molecular flexibility index (Phi) is 4.76. The molecular formula is C17H25N3O2. The zero-order chi connectivity index (χ0) is 15.5. The number of morpholine rings is 1. The number of ether oxygens (including phenoxy) is 1. The quantitative estimate of drug-likeness (QED) is 0.891. The third kappa shape index (κ3) is 3.16. The molecule has 22 heavy (non-hydrogen) atoms. The van der Waals surface area contributed by atoms with Gasteiger partial charge in [-0.15, -0.1) is 0 Å². The van der Waals surface area contributed by atoms with E-state index in [4.69, 9.17) is 10.5 Å². The van der Waals surface area contributed by atoms with Crippen molar-refractivity contribution in [3.05, 3.63) is 35.9 Å². The highest BCUT2D eigenvalue weighted by Crippen LogP contribution is 2.27. The molecule has 1 amide bonds. The molecule has 0 bridgehead atoms. The fourth-order valence-corrected chi connectivity index (χ4v) is 3.45. The molecule has 5 nitrogen and oxygen atoms in total. The summed E-state index contributed by atoms with van der Waals surface area (Å²) in [4.78, 5) is 16.9. The van der Waals surface area contributed by atoms with Crippen LogP contribution in [-0.4, -0.2) is 67.2 Å². The lowest BCUT2D eigenvalue weighted by Crippen LogP contribution is -2.50. The number of benzene rings is 1. The van der Waals surface area contributed by atoms with Crippen molar-refractivity contribution in [2.75, 3.05) is 39.4 Å². The molecule has 2 saturated heterocycles. The van der Waals surface area contributed by atoms with E-state index >= 15 is 0 Å². The second kappa shape index (κ2) is 6.77. The van der Waals surface area contributed by atoms with Crippen LogP contribution in [0.5, 0.6) is 0 Å². The van der Waals surface area contributed by atoms with E-state index in [0.29, 0.717) is 19.8 Å². The minimum atomic E-state index is -0.0920. The largest absolute Gasteiger partial charge is 0.379 e. The van der Waals surface area contributed by atoms with Crippen molar-refractivity contribution in [2.24, 2.45) is 5.73 Å². The summed E-state index contributed by atoms with van der Waals surface area (Å²) < 4.78 is 5.36. The predicted molar refractivity (Wildman–Crippen MR) is 85.6 cm³/mol. The minimum Gasteiger partial charge on any atom is -0.379 e. The molecule has 120 valence electrons. The van der Waals surface area contributed by atoms with E-state index in [1.54, 1.807) is 0 Å². The summed E-state index contributed by atoms with van der Waals surface area (Å²) in [6.07, 6.45) is 0. The number of rotatable bonds is 3. The van der Waals surface area contributed by atoms with Crippen LogP contribution in [0.3, 0.4) is 0 Å². The molecule has 1 aromatic carbocycles. The molecule has 1 aromatic rings. The average Bonchev–Trinajstić information content (AvgIpc) is 2.97. The van der Waals surface area contributed by atoms with Gasteiger partial charge in [0.1, 0.15) is 0 Å². The third-order valence-electron chi connectivity index (χ3n) is 4.86. The van der Waals surface area contributed by atoms with E-state index in [0.717, 1.165) is 19.6 Å². The number of likely N-dealkylation sites (tertiary alicyclic amines) is 1. The highest BCUT2D eigenvalue weighted by molar-refractivity contribution is 5.82. The zero-order valence-corrected chi connectivity index (χ0v) is 13.1. The number of carbonyl (C=O) groups is 1. The van der Waals surface area contributed by atoms with Gasteiger partial charge >= 0.3 is 0 Å².